The molecular formula is C89H124. The topological polar surface area (TPSA) is 0 Å². The average Bonchev–Trinajstić information content (AvgIpc) is 1.90. The van der Waals surface area contributed by atoms with Crippen molar-refractivity contribution < 1.29 is 0 Å². The van der Waals surface area contributed by atoms with Crippen molar-refractivity contribution in [2.75, 3.05) is 0 Å². The van der Waals surface area contributed by atoms with Crippen molar-refractivity contribution in [3.8, 4) is 0 Å². The van der Waals surface area contributed by atoms with Gasteiger partial charge in [-0.1, -0.05) is 236 Å². The molecule has 0 N–H and O–H groups in total. The van der Waals surface area contributed by atoms with E-state index >= 15 is 0 Å². The molecule has 2 bridgehead atoms. The van der Waals surface area contributed by atoms with E-state index in [1.54, 1.807) is 27.8 Å². The van der Waals surface area contributed by atoms with Crippen LogP contribution in [0, 0.1) is 109 Å². The number of hydrogen-bond donors (Lipinski definition) is 0. The highest BCUT2D eigenvalue weighted by Crippen LogP contribution is 2.53. The maximum Gasteiger partial charge on any atom is -0.0128 e. The third-order valence-corrected chi connectivity index (χ3v) is 21.9. The first-order valence-electron chi connectivity index (χ1n) is 35.9. The summed E-state index contributed by atoms with van der Waals surface area (Å²) in [6.45, 7) is 42.0. The highest BCUT2D eigenvalue weighted by Gasteiger charge is 2.40. The minimum absolute atomic E-state index is 0.276. The van der Waals surface area contributed by atoms with Crippen molar-refractivity contribution in [1.82, 2.24) is 0 Å². The SMILES string of the molecule is Cc1ccc(C(C)(C)C)cc1C.Cc1ccc(C(C)C)cc1C.Cc1ccc(C)c(C2CC3CCC2C3)c1.Cc1ccc(C)c(C2CCC2)c1.Cc1ccc(C)c(C2CCCC2)c1.Cc1ccc(C)c(C2CCCCC2)c1.Cc1ccc(C2CCC2)cc1C. The molecule has 6 aliphatic rings. The van der Waals surface area contributed by atoms with Crippen LogP contribution in [-0.4, -0.2) is 0 Å². The average molecular weight is 1190 g/mol. The molecule has 0 saturated heterocycles. The predicted molar refractivity (Wildman–Crippen MR) is 393 cm³/mol. The number of fused-ring (bicyclic) bond motifs is 2. The Morgan fingerprint density at radius 3 is 1.03 bits per heavy atom. The summed E-state index contributed by atoms with van der Waals surface area (Å²) in [5, 5.41) is 0. The van der Waals surface area contributed by atoms with Crippen LogP contribution >= 0.6 is 0 Å². The molecule has 3 unspecified atom stereocenters. The van der Waals surface area contributed by atoms with Gasteiger partial charge in [-0.15, -0.1) is 0 Å². The summed E-state index contributed by atoms with van der Waals surface area (Å²) in [4.78, 5) is 0. The van der Waals surface area contributed by atoms with E-state index in [4.69, 9.17) is 0 Å². The highest BCUT2D eigenvalue weighted by molar-refractivity contribution is 5.39. The second-order valence-corrected chi connectivity index (χ2v) is 30.7. The van der Waals surface area contributed by atoms with E-state index in [-0.39, 0.29) is 5.41 Å². The van der Waals surface area contributed by atoms with Gasteiger partial charge in [0.15, 0.2) is 0 Å². The van der Waals surface area contributed by atoms with Gasteiger partial charge in [0.1, 0.15) is 0 Å². The van der Waals surface area contributed by atoms with Gasteiger partial charge in [-0.2, -0.15) is 0 Å². The van der Waals surface area contributed by atoms with Crippen LogP contribution in [0.4, 0.5) is 0 Å². The number of rotatable bonds is 6. The monoisotopic (exact) mass is 1190 g/mol. The molecule has 0 spiro atoms. The molecule has 0 heterocycles. The van der Waals surface area contributed by atoms with E-state index in [1.165, 1.54) is 211 Å². The van der Waals surface area contributed by atoms with Crippen molar-refractivity contribution in [3.63, 3.8) is 0 Å². The van der Waals surface area contributed by atoms with Crippen LogP contribution in [0.2, 0.25) is 0 Å². The molecule has 7 aromatic carbocycles. The zero-order chi connectivity index (χ0) is 64.5. The molecule has 0 heteroatoms. The Balaban J connectivity index is 0.000000148. The fraction of sp³-hybridized carbons (Fsp3) is 0.528. The van der Waals surface area contributed by atoms with Crippen molar-refractivity contribution in [2.24, 2.45) is 11.8 Å². The van der Waals surface area contributed by atoms with Gasteiger partial charge in [0.25, 0.3) is 0 Å². The maximum absolute atomic E-state index is 2.43. The van der Waals surface area contributed by atoms with Gasteiger partial charge in [0.2, 0.25) is 0 Å². The largest absolute Gasteiger partial charge is 0.0590 e. The summed E-state index contributed by atoms with van der Waals surface area (Å²) >= 11 is 0. The Labute approximate surface area is 547 Å². The molecule has 7 aromatic rings. The molecule has 89 heavy (non-hydrogen) atoms. The zero-order valence-electron chi connectivity index (χ0n) is 60.2. The zero-order valence-corrected chi connectivity index (χ0v) is 60.2. The molecule has 6 saturated carbocycles. The molecule has 3 atom stereocenters. The first kappa shape index (κ1) is 71.0. The second-order valence-electron chi connectivity index (χ2n) is 30.7. The minimum atomic E-state index is 0.276. The molecule has 0 aromatic heterocycles. The van der Waals surface area contributed by atoms with E-state index in [9.17, 15) is 0 Å². The van der Waals surface area contributed by atoms with E-state index in [0.717, 1.165) is 41.4 Å². The lowest BCUT2D eigenvalue weighted by atomic mass is 9.78. The first-order chi connectivity index (χ1) is 42.3. The molecule has 0 radical (unpaired) electrons. The Bertz CT molecular complexity index is 3310. The molecule has 6 aliphatic carbocycles. The Morgan fingerprint density at radius 2 is 0.674 bits per heavy atom. The fourth-order valence-electron chi connectivity index (χ4n) is 14.8. The van der Waals surface area contributed by atoms with Gasteiger partial charge >= 0.3 is 0 Å². The number of benzene rings is 7. The van der Waals surface area contributed by atoms with E-state index in [1.807, 2.05) is 0 Å². The smallest absolute Gasteiger partial charge is 0.0128 e. The summed E-state index contributed by atoms with van der Waals surface area (Å²) in [5.74, 6) is 7.08. The van der Waals surface area contributed by atoms with Crippen molar-refractivity contribution in [2.45, 2.75) is 294 Å². The van der Waals surface area contributed by atoms with Crippen LogP contribution in [-0.2, 0) is 5.41 Å². The lowest BCUT2D eigenvalue weighted by Crippen LogP contribution is -2.11. The number of aryl methyl sites for hydroxylation is 14. The van der Waals surface area contributed by atoms with Crippen LogP contribution in [0.5, 0.6) is 0 Å². The third-order valence-electron chi connectivity index (χ3n) is 21.9. The van der Waals surface area contributed by atoms with E-state index < -0.39 is 0 Å². The van der Waals surface area contributed by atoms with Gasteiger partial charge < -0.3 is 0 Å². The molecule has 0 aliphatic heterocycles. The van der Waals surface area contributed by atoms with E-state index in [2.05, 4.69) is 259 Å². The lowest BCUT2D eigenvalue weighted by Gasteiger charge is -2.27. The summed E-state index contributed by atoms with van der Waals surface area (Å²) in [6.07, 6.45) is 27.2. The van der Waals surface area contributed by atoms with Gasteiger partial charge in [0.05, 0.1) is 0 Å². The van der Waals surface area contributed by atoms with Crippen molar-refractivity contribution >= 4 is 0 Å². The Morgan fingerprint density at radius 1 is 0.303 bits per heavy atom. The van der Waals surface area contributed by atoms with Crippen LogP contribution in [0.15, 0.2) is 127 Å². The summed E-state index contributed by atoms with van der Waals surface area (Å²) < 4.78 is 0. The molecule has 0 nitrogen and oxygen atoms in total. The lowest BCUT2D eigenvalue weighted by molar-refractivity contribution is 0.418. The molecule has 480 valence electrons. The predicted octanol–water partition coefficient (Wildman–Crippen LogP) is 26.7. The van der Waals surface area contributed by atoms with Crippen LogP contribution < -0.4 is 0 Å². The highest BCUT2D eigenvalue weighted by atomic mass is 14.5. The minimum Gasteiger partial charge on any atom is -0.0590 e. The molecule has 6 fully saturated rings. The van der Waals surface area contributed by atoms with Crippen LogP contribution in [0.25, 0.3) is 0 Å². The van der Waals surface area contributed by atoms with E-state index in [0.29, 0.717) is 5.92 Å². The maximum atomic E-state index is 2.43. The Hall–Kier alpha value is -5.46. The quantitative estimate of drug-likeness (QED) is 0.156. The van der Waals surface area contributed by atoms with Gasteiger partial charge in [0, 0.05) is 0 Å². The van der Waals surface area contributed by atoms with Gasteiger partial charge in [-0.3, -0.25) is 0 Å². The Kier molecular flexibility index (Phi) is 26.9. The first-order valence-corrected chi connectivity index (χ1v) is 35.9. The standard InChI is InChI=1S/C15H20.C14H20.C13H18.2C12H16.C12H18.C11H16/c1-10-3-4-11(2)14(7-10)15-9-12-5-6-13(15)8-12;1-11-8-9-12(2)14(10-11)13-6-4-3-5-7-13;1-10-7-8-11(2)13(9-10)12-5-3-4-6-12;1-9-6-7-12(8-10(9)2)11-4-3-5-11;1-9-6-7-10(2)12(8-9)11-4-3-5-11;1-9-6-7-11(8-10(9)2)12(3,4)5;1-8(2)11-6-5-9(3)10(4)7-11/h3-4,7,12-13,15H,5-6,8-9H2,1-2H3;8-10,13H,3-7H2,1-2H3;7-9,12H,3-6H2,1-2H3;2*6-8,11H,3-5H2,1-2H3;6-8H,1-5H3;5-8H,1-4H3. The molecule has 0 amide bonds. The summed E-state index contributed by atoms with van der Waals surface area (Å²) in [6, 6.07) is 47.9. The van der Waals surface area contributed by atoms with Crippen LogP contribution in [0.3, 0.4) is 0 Å². The normalized spacial score (nSPS) is 18.8. The van der Waals surface area contributed by atoms with Crippen molar-refractivity contribution in [1.29, 1.82) is 0 Å². The molecular weight excluding hydrogens is 1070 g/mol. The van der Waals surface area contributed by atoms with Gasteiger partial charge in [-0.25, -0.2) is 0 Å². The van der Waals surface area contributed by atoms with Crippen molar-refractivity contribution in [3.05, 3.63) is 244 Å². The summed E-state index contributed by atoms with van der Waals surface area (Å²) in [7, 11) is 0. The fourth-order valence-corrected chi connectivity index (χ4v) is 14.8. The second kappa shape index (κ2) is 33.7. The van der Waals surface area contributed by atoms with Crippen LogP contribution in [0.1, 0.15) is 309 Å². The van der Waals surface area contributed by atoms with Gasteiger partial charge in [-0.05, 0) is 315 Å². The molecule has 13 rings (SSSR count). The number of hydrogen-bond acceptors (Lipinski definition) is 0. The third kappa shape index (κ3) is 21.0. The summed E-state index contributed by atoms with van der Waals surface area (Å²) in [5.41, 5.74) is 31.2.